The van der Waals surface area contributed by atoms with Gasteiger partial charge in [0, 0.05) is 36.2 Å². The maximum Gasteiger partial charge on any atom is 0.135 e. The number of nitriles is 1. The Morgan fingerprint density at radius 3 is 2.39 bits per heavy atom. The van der Waals surface area contributed by atoms with Gasteiger partial charge >= 0.3 is 0 Å². The van der Waals surface area contributed by atoms with E-state index >= 15 is 0 Å². The molecule has 0 amide bonds. The first-order valence-corrected chi connectivity index (χ1v) is 9.34. The van der Waals surface area contributed by atoms with E-state index in [4.69, 9.17) is 5.26 Å². The minimum atomic E-state index is 0.598. The first-order chi connectivity index (χ1) is 13.6. The van der Waals surface area contributed by atoms with Gasteiger partial charge in [-0.15, -0.1) is 0 Å². The number of nitrogens with one attached hydrogen (secondary N) is 2. The topological polar surface area (TPSA) is 76.9 Å². The molecule has 6 heteroatoms. The zero-order valence-corrected chi connectivity index (χ0v) is 16.4. The quantitative estimate of drug-likeness (QED) is 0.608. The van der Waals surface area contributed by atoms with Crippen molar-refractivity contribution in [3.05, 3.63) is 66.0 Å². The Balaban J connectivity index is 1.76. The van der Waals surface area contributed by atoms with Gasteiger partial charge < -0.3 is 15.5 Å². The lowest BCUT2D eigenvalue weighted by molar-refractivity contribution is 0.866. The second kappa shape index (κ2) is 8.87. The zero-order chi connectivity index (χ0) is 19.9. The summed E-state index contributed by atoms with van der Waals surface area (Å²) in [6.07, 6.45) is 1.51. The Morgan fingerprint density at radius 2 is 1.71 bits per heavy atom. The molecule has 3 aromatic rings. The van der Waals surface area contributed by atoms with Crippen LogP contribution < -0.4 is 15.5 Å². The lowest BCUT2D eigenvalue weighted by Crippen LogP contribution is -2.21. The summed E-state index contributed by atoms with van der Waals surface area (Å²) in [7, 11) is 0. The van der Waals surface area contributed by atoms with E-state index in [1.807, 2.05) is 18.2 Å². The van der Waals surface area contributed by atoms with Crippen molar-refractivity contribution in [2.45, 2.75) is 20.8 Å². The predicted molar refractivity (Wildman–Crippen MR) is 114 cm³/mol. The summed E-state index contributed by atoms with van der Waals surface area (Å²) in [5, 5.41) is 15.6. The molecule has 2 aromatic carbocycles. The van der Waals surface area contributed by atoms with Crippen molar-refractivity contribution < 1.29 is 0 Å². The fourth-order valence-electron chi connectivity index (χ4n) is 3.02. The fourth-order valence-corrected chi connectivity index (χ4v) is 3.02. The highest BCUT2D eigenvalue weighted by molar-refractivity contribution is 5.67. The number of nitrogens with zero attached hydrogens (tertiary/aromatic N) is 4. The maximum atomic E-state index is 9.03. The molecule has 6 nitrogen and oxygen atoms in total. The minimum Gasteiger partial charge on any atom is -0.372 e. The molecule has 0 saturated carbocycles. The molecule has 0 unspecified atom stereocenters. The van der Waals surface area contributed by atoms with Crippen molar-refractivity contribution in [1.29, 1.82) is 5.26 Å². The third-order valence-corrected chi connectivity index (χ3v) is 4.53. The van der Waals surface area contributed by atoms with Gasteiger partial charge in [-0.25, -0.2) is 9.97 Å². The van der Waals surface area contributed by atoms with Crippen LogP contribution in [-0.2, 0) is 0 Å². The molecule has 0 fully saturated rings. The monoisotopic (exact) mass is 372 g/mol. The lowest BCUT2D eigenvalue weighted by Gasteiger charge is -2.22. The van der Waals surface area contributed by atoms with Crippen LogP contribution in [0.1, 0.15) is 25.0 Å². The van der Waals surface area contributed by atoms with Crippen molar-refractivity contribution in [2.75, 3.05) is 28.6 Å². The van der Waals surface area contributed by atoms with Crippen LogP contribution in [0.5, 0.6) is 0 Å². The van der Waals surface area contributed by atoms with Crippen LogP contribution in [0.4, 0.5) is 28.7 Å². The van der Waals surface area contributed by atoms with E-state index in [2.05, 4.69) is 70.5 Å². The Kier molecular flexibility index (Phi) is 6.07. The molecule has 0 atom stereocenters. The van der Waals surface area contributed by atoms with Gasteiger partial charge in [-0.2, -0.15) is 5.26 Å². The molecule has 0 aliphatic carbocycles. The van der Waals surface area contributed by atoms with Gasteiger partial charge in [0.05, 0.1) is 11.6 Å². The van der Waals surface area contributed by atoms with Crippen molar-refractivity contribution in [3.63, 3.8) is 0 Å². The van der Waals surface area contributed by atoms with E-state index in [0.717, 1.165) is 30.0 Å². The standard InChI is InChI=1S/C22H24N6/c1-4-28(5-2)19-9-10-20(16(3)11-19)27-22-13-21(24-15-25-22)26-18-8-6-7-17(12-18)14-23/h6-13,15H,4-5H2,1-3H3,(H2,24,25,26,27). The number of anilines is 5. The third-order valence-electron chi connectivity index (χ3n) is 4.53. The first-order valence-electron chi connectivity index (χ1n) is 9.34. The highest BCUT2D eigenvalue weighted by Crippen LogP contribution is 2.26. The Hall–Kier alpha value is -3.59. The van der Waals surface area contributed by atoms with Crippen LogP contribution in [0, 0.1) is 18.3 Å². The van der Waals surface area contributed by atoms with Crippen LogP contribution in [0.25, 0.3) is 0 Å². The molecule has 0 spiro atoms. The normalized spacial score (nSPS) is 10.2. The van der Waals surface area contributed by atoms with E-state index in [9.17, 15) is 0 Å². The summed E-state index contributed by atoms with van der Waals surface area (Å²) in [4.78, 5) is 10.9. The molecule has 0 aliphatic heterocycles. The summed E-state index contributed by atoms with van der Waals surface area (Å²) in [6, 6.07) is 17.6. The van der Waals surface area contributed by atoms with Gasteiger partial charge in [0.25, 0.3) is 0 Å². The summed E-state index contributed by atoms with van der Waals surface area (Å²) in [5.74, 6) is 1.36. The third kappa shape index (κ3) is 4.57. The zero-order valence-electron chi connectivity index (χ0n) is 16.4. The van der Waals surface area contributed by atoms with Crippen molar-refractivity contribution in [1.82, 2.24) is 9.97 Å². The fraction of sp³-hybridized carbons (Fsp3) is 0.227. The van der Waals surface area contributed by atoms with Gasteiger partial charge in [0.1, 0.15) is 18.0 Å². The molecular formula is C22H24N6. The van der Waals surface area contributed by atoms with E-state index in [1.165, 1.54) is 12.0 Å². The molecule has 0 radical (unpaired) electrons. The molecule has 0 aliphatic rings. The molecule has 28 heavy (non-hydrogen) atoms. The average Bonchev–Trinajstić information content (AvgIpc) is 2.71. The largest absolute Gasteiger partial charge is 0.372 e. The number of aryl methyl sites for hydroxylation is 1. The van der Waals surface area contributed by atoms with Crippen molar-refractivity contribution >= 4 is 28.7 Å². The second-order valence-corrected chi connectivity index (χ2v) is 6.40. The van der Waals surface area contributed by atoms with E-state index in [1.54, 1.807) is 12.1 Å². The first kappa shape index (κ1) is 19.2. The van der Waals surface area contributed by atoms with Gasteiger partial charge in [0.2, 0.25) is 0 Å². The molecule has 142 valence electrons. The smallest absolute Gasteiger partial charge is 0.135 e. The van der Waals surface area contributed by atoms with Crippen LogP contribution in [-0.4, -0.2) is 23.1 Å². The molecule has 3 rings (SSSR count). The summed E-state index contributed by atoms with van der Waals surface area (Å²) in [6.45, 7) is 8.37. The lowest BCUT2D eigenvalue weighted by atomic mass is 10.1. The van der Waals surface area contributed by atoms with Crippen LogP contribution in [0.15, 0.2) is 54.9 Å². The minimum absolute atomic E-state index is 0.598. The molecule has 1 heterocycles. The number of rotatable bonds is 7. The summed E-state index contributed by atoms with van der Waals surface area (Å²) >= 11 is 0. The SMILES string of the molecule is CCN(CC)c1ccc(Nc2cc(Nc3cccc(C#N)c3)ncn2)c(C)c1. The number of benzene rings is 2. The summed E-state index contributed by atoms with van der Waals surface area (Å²) < 4.78 is 0. The number of hydrogen-bond donors (Lipinski definition) is 2. The van der Waals surface area contributed by atoms with E-state index in [0.29, 0.717) is 17.2 Å². The second-order valence-electron chi connectivity index (χ2n) is 6.40. The Labute approximate surface area is 165 Å². The molecule has 1 aromatic heterocycles. The van der Waals surface area contributed by atoms with E-state index < -0.39 is 0 Å². The predicted octanol–water partition coefficient (Wildman–Crippen LogP) is 4.99. The highest BCUT2D eigenvalue weighted by Gasteiger charge is 2.07. The van der Waals surface area contributed by atoms with Crippen LogP contribution in [0.2, 0.25) is 0 Å². The summed E-state index contributed by atoms with van der Waals surface area (Å²) in [5.41, 5.74) is 4.78. The number of hydrogen-bond acceptors (Lipinski definition) is 6. The Bertz CT molecular complexity index is 988. The van der Waals surface area contributed by atoms with Gasteiger partial charge in [0.15, 0.2) is 0 Å². The highest BCUT2D eigenvalue weighted by atomic mass is 15.1. The van der Waals surface area contributed by atoms with Crippen molar-refractivity contribution in [3.8, 4) is 6.07 Å². The molecular weight excluding hydrogens is 348 g/mol. The van der Waals surface area contributed by atoms with Crippen molar-refractivity contribution in [2.24, 2.45) is 0 Å². The molecule has 2 N–H and O–H groups in total. The van der Waals surface area contributed by atoms with Gasteiger partial charge in [-0.1, -0.05) is 6.07 Å². The van der Waals surface area contributed by atoms with Gasteiger partial charge in [-0.05, 0) is 62.7 Å². The molecule has 0 saturated heterocycles. The number of aromatic nitrogens is 2. The average molecular weight is 372 g/mol. The maximum absolute atomic E-state index is 9.03. The molecule has 0 bridgehead atoms. The van der Waals surface area contributed by atoms with Crippen LogP contribution in [0.3, 0.4) is 0 Å². The Morgan fingerprint density at radius 1 is 0.964 bits per heavy atom. The van der Waals surface area contributed by atoms with Gasteiger partial charge in [-0.3, -0.25) is 0 Å². The van der Waals surface area contributed by atoms with E-state index in [-0.39, 0.29) is 0 Å². The van der Waals surface area contributed by atoms with Crippen LogP contribution >= 0.6 is 0 Å².